The molecule has 0 unspecified atom stereocenters. The molecule has 0 bridgehead atoms. The van der Waals surface area contributed by atoms with Gasteiger partial charge in [-0.1, -0.05) is 6.07 Å². The molecule has 0 aliphatic carbocycles. The number of nitrogens with zero attached hydrogens (tertiary/aromatic N) is 3. The van der Waals surface area contributed by atoms with E-state index in [0.717, 1.165) is 36.2 Å². The average molecular weight is 312 g/mol. The lowest BCUT2D eigenvalue weighted by atomic mass is 10.2. The van der Waals surface area contributed by atoms with Crippen molar-refractivity contribution in [2.45, 2.75) is 19.8 Å². The van der Waals surface area contributed by atoms with Gasteiger partial charge in [0.05, 0.1) is 12.7 Å². The van der Waals surface area contributed by atoms with E-state index in [4.69, 9.17) is 4.74 Å². The molecule has 0 atom stereocenters. The highest BCUT2D eigenvalue weighted by atomic mass is 16.5. The molecule has 1 aliphatic heterocycles. The lowest BCUT2D eigenvalue weighted by Gasteiger charge is -2.18. The Balaban J connectivity index is 1.83. The zero-order valence-electron chi connectivity index (χ0n) is 13.4. The van der Waals surface area contributed by atoms with Gasteiger partial charge in [-0.2, -0.15) is 0 Å². The monoisotopic (exact) mass is 312 g/mol. The van der Waals surface area contributed by atoms with Crippen molar-refractivity contribution >= 4 is 23.3 Å². The van der Waals surface area contributed by atoms with Gasteiger partial charge in [-0.15, -0.1) is 0 Å². The number of methoxy groups -OCH3 is 1. The van der Waals surface area contributed by atoms with Gasteiger partial charge < -0.3 is 15.0 Å². The number of anilines is 3. The maximum Gasteiger partial charge on any atom is 0.337 e. The molecule has 6 nitrogen and oxygen atoms in total. The Bertz CT molecular complexity index is 711. The summed E-state index contributed by atoms with van der Waals surface area (Å²) in [5.74, 6) is 2.04. The SMILES string of the molecule is COC(=O)c1cccc(Nc2cc(N3CCCC3)nc(C)n2)c1. The predicted molar refractivity (Wildman–Crippen MR) is 89.3 cm³/mol. The summed E-state index contributed by atoms with van der Waals surface area (Å²) >= 11 is 0. The van der Waals surface area contributed by atoms with Crippen molar-refractivity contribution in [3.63, 3.8) is 0 Å². The Morgan fingerprint density at radius 2 is 2.00 bits per heavy atom. The number of hydrogen-bond donors (Lipinski definition) is 1. The van der Waals surface area contributed by atoms with Crippen molar-refractivity contribution in [1.29, 1.82) is 0 Å². The van der Waals surface area contributed by atoms with E-state index in [1.807, 2.05) is 25.1 Å². The van der Waals surface area contributed by atoms with Crippen LogP contribution in [0, 0.1) is 6.92 Å². The molecule has 1 fully saturated rings. The molecule has 1 aliphatic rings. The normalized spacial score (nSPS) is 13.9. The number of aromatic nitrogens is 2. The van der Waals surface area contributed by atoms with E-state index in [1.165, 1.54) is 20.0 Å². The highest BCUT2D eigenvalue weighted by Crippen LogP contribution is 2.23. The van der Waals surface area contributed by atoms with Gasteiger partial charge in [0.1, 0.15) is 17.5 Å². The molecular formula is C17H20N4O2. The number of carbonyl (C=O) groups excluding carboxylic acids is 1. The van der Waals surface area contributed by atoms with Gasteiger partial charge in [-0.3, -0.25) is 0 Å². The van der Waals surface area contributed by atoms with Gasteiger partial charge >= 0.3 is 5.97 Å². The van der Waals surface area contributed by atoms with E-state index in [0.29, 0.717) is 5.56 Å². The van der Waals surface area contributed by atoms with Crippen LogP contribution in [0.4, 0.5) is 17.3 Å². The summed E-state index contributed by atoms with van der Waals surface area (Å²) in [4.78, 5) is 22.8. The number of nitrogens with one attached hydrogen (secondary N) is 1. The van der Waals surface area contributed by atoms with Gasteiger partial charge in [-0.05, 0) is 38.0 Å². The third-order valence-corrected chi connectivity index (χ3v) is 3.81. The van der Waals surface area contributed by atoms with Gasteiger partial charge in [0.15, 0.2) is 0 Å². The minimum Gasteiger partial charge on any atom is -0.465 e. The van der Waals surface area contributed by atoms with E-state index in [1.54, 1.807) is 12.1 Å². The Labute approximate surface area is 135 Å². The summed E-state index contributed by atoms with van der Waals surface area (Å²) in [6.45, 7) is 3.96. The molecule has 6 heteroatoms. The van der Waals surface area contributed by atoms with Gasteiger partial charge in [-0.25, -0.2) is 14.8 Å². The van der Waals surface area contributed by atoms with Crippen molar-refractivity contribution in [1.82, 2.24) is 9.97 Å². The second kappa shape index (κ2) is 6.64. The highest BCUT2D eigenvalue weighted by molar-refractivity contribution is 5.90. The second-order valence-corrected chi connectivity index (χ2v) is 5.55. The molecule has 1 saturated heterocycles. The fourth-order valence-electron chi connectivity index (χ4n) is 2.71. The molecule has 23 heavy (non-hydrogen) atoms. The molecule has 1 N–H and O–H groups in total. The maximum atomic E-state index is 11.6. The number of benzene rings is 1. The molecule has 120 valence electrons. The van der Waals surface area contributed by atoms with Crippen LogP contribution >= 0.6 is 0 Å². The Hall–Kier alpha value is -2.63. The summed E-state index contributed by atoms with van der Waals surface area (Å²) in [5, 5.41) is 3.24. The minimum atomic E-state index is -0.356. The average Bonchev–Trinajstić information content (AvgIpc) is 3.08. The second-order valence-electron chi connectivity index (χ2n) is 5.55. The van der Waals surface area contributed by atoms with Crippen LogP contribution < -0.4 is 10.2 Å². The quantitative estimate of drug-likeness (QED) is 0.876. The van der Waals surface area contributed by atoms with E-state index in [2.05, 4.69) is 20.2 Å². The van der Waals surface area contributed by atoms with Gasteiger partial charge in [0.2, 0.25) is 0 Å². The van der Waals surface area contributed by atoms with E-state index >= 15 is 0 Å². The molecule has 0 radical (unpaired) electrons. The molecule has 0 saturated carbocycles. The van der Waals surface area contributed by atoms with Crippen LogP contribution in [-0.4, -0.2) is 36.1 Å². The summed E-state index contributed by atoms with van der Waals surface area (Å²) in [7, 11) is 1.37. The Kier molecular flexibility index (Phi) is 4.41. The molecule has 1 aromatic carbocycles. The number of carbonyl (C=O) groups is 1. The third kappa shape index (κ3) is 3.59. The van der Waals surface area contributed by atoms with Crippen molar-refractivity contribution < 1.29 is 9.53 Å². The number of hydrogen-bond acceptors (Lipinski definition) is 6. The molecule has 3 rings (SSSR count). The van der Waals surface area contributed by atoms with Crippen molar-refractivity contribution in [3.8, 4) is 0 Å². The summed E-state index contributed by atoms with van der Waals surface area (Å²) < 4.78 is 4.75. The molecule has 0 amide bonds. The maximum absolute atomic E-state index is 11.6. The van der Waals surface area contributed by atoms with Crippen molar-refractivity contribution in [3.05, 3.63) is 41.7 Å². The van der Waals surface area contributed by atoms with E-state index in [9.17, 15) is 4.79 Å². The predicted octanol–water partition coefficient (Wildman–Crippen LogP) is 2.92. The lowest BCUT2D eigenvalue weighted by molar-refractivity contribution is 0.0601. The summed E-state index contributed by atoms with van der Waals surface area (Å²) in [6, 6.07) is 9.11. The largest absolute Gasteiger partial charge is 0.465 e. The summed E-state index contributed by atoms with van der Waals surface area (Å²) in [6.07, 6.45) is 2.40. The third-order valence-electron chi connectivity index (χ3n) is 3.81. The zero-order chi connectivity index (χ0) is 16.2. The van der Waals surface area contributed by atoms with E-state index in [-0.39, 0.29) is 5.97 Å². The lowest BCUT2D eigenvalue weighted by Crippen LogP contribution is -2.19. The zero-order valence-corrected chi connectivity index (χ0v) is 13.4. The first-order chi connectivity index (χ1) is 11.2. The first-order valence-corrected chi connectivity index (χ1v) is 7.72. The van der Waals surface area contributed by atoms with Crippen LogP contribution in [0.25, 0.3) is 0 Å². The first kappa shape index (κ1) is 15.3. The number of esters is 1. The molecular weight excluding hydrogens is 292 g/mol. The van der Waals surface area contributed by atoms with Crippen molar-refractivity contribution in [2.75, 3.05) is 30.4 Å². The smallest absolute Gasteiger partial charge is 0.337 e. The molecule has 2 heterocycles. The first-order valence-electron chi connectivity index (χ1n) is 7.72. The fourth-order valence-corrected chi connectivity index (χ4v) is 2.71. The van der Waals surface area contributed by atoms with Crippen LogP contribution in [0.3, 0.4) is 0 Å². The van der Waals surface area contributed by atoms with Gasteiger partial charge in [0, 0.05) is 24.8 Å². The Morgan fingerprint density at radius 1 is 1.22 bits per heavy atom. The summed E-state index contributed by atoms with van der Waals surface area (Å²) in [5.41, 5.74) is 1.29. The van der Waals surface area contributed by atoms with Crippen LogP contribution in [0.15, 0.2) is 30.3 Å². The van der Waals surface area contributed by atoms with Crippen LogP contribution in [0.2, 0.25) is 0 Å². The van der Waals surface area contributed by atoms with Crippen LogP contribution in [0.5, 0.6) is 0 Å². The van der Waals surface area contributed by atoms with Crippen LogP contribution in [-0.2, 0) is 4.74 Å². The highest BCUT2D eigenvalue weighted by Gasteiger charge is 2.15. The molecule has 1 aromatic heterocycles. The van der Waals surface area contributed by atoms with E-state index < -0.39 is 0 Å². The minimum absolute atomic E-state index is 0.356. The number of ether oxygens (including phenoxy) is 1. The van der Waals surface area contributed by atoms with Gasteiger partial charge in [0.25, 0.3) is 0 Å². The number of rotatable bonds is 4. The topological polar surface area (TPSA) is 67.3 Å². The van der Waals surface area contributed by atoms with Crippen LogP contribution in [0.1, 0.15) is 29.0 Å². The van der Waals surface area contributed by atoms with Crippen molar-refractivity contribution in [2.24, 2.45) is 0 Å². The molecule has 2 aromatic rings. The molecule has 0 spiro atoms. The fraction of sp³-hybridized carbons (Fsp3) is 0.353. The number of aryl methyl sites for hydroxylation is 1. The standard InChI is InChI=1S/C17H20N4O2/c1-12-18-15(11-16(19-12)21-8-3-4-9-21)20-14-7-5-6-13(10-14)17(22)23-2/h5-7,10-11H,3-4,8-9H2,1-2H3,(H,18,19,20). The Morgan fingerprint density at radius 3 is 2.74 bits per heavy atom.